The molecule has 29 heavy (non-hydrogen) atoms. The first-order valence-corrected chi connectivity index (χ1v) is 10.0. The minimum atomic E-state index is 0. The first-order valence-electron chi connectivity index (χ1n) is 10.0. The fraction of sp³-hybridized carbons (Fsp3) is 0.308. The molecule has 0 spiro atoms. The number of halogens is 2. The van der Waals surface area contributed by atoms with Crippen LogP contribution >= 0.6 is 0 Å². The maximum Gasteiger partial charge on any atom is 4.00 e. The second-order valence-electron chi connectivity index (χ2n) is 6.98. The van der Waals surface area contributed by atoms with Crippen LogP contribution in [0.5, 0.6) is 0 Å². The molecule has 4 aromatic rings. The maximum absolute atomic E-state index is 2.33. The molecule has 4 aromatic carbocycles. The summed E-state index contributed by atoms with van der Waals surface area (Å²) in [5, 5.41) is 5.69. The third kappa shape index (κ3) is 6.55. The summed E-state index contributed by atoms with van der Waals surface area (Å²) < 4.78 is 0. The van der Waals surface area contributed by atoms with Crippen LogP contribution in [0.2, 0.25) is 0 Å². The average molecular weight is 505 g/mol. The Morgan fingerprint density at radius 1 is 0.586 bits per heavy atom. The Balaban J connectivity index is 0.000000490. The molecule has 0 N–H and O–H groups in total. The van der Waals surface area contributed by atoms with E-state index < -0.39 is 0 Å². The van der Waals surface area contributed by atoms with Gasteiger partial charge >= 0.3 is 26.2 Å². The van der Waals surface area contributed by atoms with Gasteiger partial charge in [-0.3, -0.25) is 0 Å². The minimum absolute atomic E-state index is 0. The van der Waals surface area contributed by atoms with Gasteiger partial charge < -0.3 is 24.8 Å². The first-order chi connectivity index (χ1) is 12.7. The van der Waals surface area contributed by atoms with Gasteiger partial charge in [0.25, 0.3) is 0 Å². The Morgan fingerprint density at radius 3 is 1.28 bits per heavy atom. The van der Waals surface area contributed by atoms with Crippen molar-refractivity contribution < 1.29 is 51.0 Å². The van der Waals surface area contributed by atoms with Gasteiger partial charge in [-0.25, -0.2) is 0 Å². The van der Waals surface area contributed by atoms with Gasteiger partial charge in [0.1, 0.15) is 0 Å². The van der Waals surface area contributed by atoms with Crippen LogP contribution in [0, 0.1) is 0 Å². The van der Waals surface area contributed by atoms with Crippen molar-refractivity contribution in [2.45, 2.75) is 53.4 Å². The van der Waals surface area contributed by atoms with Crippen molar-refractivity contribution in [1.82, 2.24) is 0 Å². The van der Waals surface area contributed by atoms with Crippen LogP contribution in [0.15, 0.2) is 60.7 Å². The Kier molecular flexibility index (Phi) is 13.0. The zero-order valence-corrected chi connectivity index (χ0v) is 21.8. The molecule has 0 unspecified atom stereocenters. The predicted octanol–water partition coefficient (Wildman–Crippen LogP) is 1.37. The van der Waals surface area contributed by atoms with Gasteiger partial charge in [0.2, 0.25) is 0 Å². The number of rotatable bonds is 4. The Hall–Kier alpha value is -0.877. The molecule has 0 bridgehead atoms. The molecule has 0 radical (unpaired) electrons. The van der Waals surface area contributed by atoms with Crippen LogP contribution < -0.4 is 24.8 Å². The van der Waals surface area contributed by atoms with Gasteiger partial charge in [0.05, 0.1) is 0 Å². The second kappa shape index (κ2) is 13.4. The number of aryl methyl sites for hydroxylation is 4. The summed E-state index contributed by atoms with van der Waals surface area (Å²) in [5.74, 6) is 0. The van der Waals surface area contributed by atoms with Gasteiger partial charge in [-0.2, -0.15) is 12.1 Å². The molecule has 0 saturated carbocycles. The zero-order chi connectivity index (χ0) is 18.5. The zero-order valence-electron chi connectivity index (χ0n) is 17.9. The molecule has 0 aliphatic carbocycles. The predicted molar refractivity (Wildman–Crippen MR) is 117 cm³/mol. The molecule has 0 nitrogen and oxygen atoms in total. The van der Waals surface area contributed by atoms with E-state index in [1.54, 1.807) is 0 Å². The molecule has 4 rings (SSSR count). The van der Waals surface area contributed by atoms with Gasteiger partial charge in [0.15, 0.2) is 0 Å². The van der Waals surface area contributed by atoms with Crippen molar-refractivity contribution >= 4 is 21.5 Å². The number of benzene rings is 2. The molecular weight excluding hydrogens is 474 g/mol. The van der Waals surface area contributed by atoms with Gasteiger partial charge in [-0.05, 0) is 25.7 Å². The molecule has 0 amide bonds. The van der Waals surface area contributed by atoms with E-state index in [9.17, 15) is 0 Å². The topological polar surface area (TPSA) is 0 Å². The SMILES string of the molecule is CCc1cc2c(CC)cccc2[cH-]1.CCc1cc2c(CC)cccc2[cH-]1.[Cl-].[Cl-].[Zr+4]. The molecule has 0 aliphatic rings. The average Bonchev–Trinajstić information content (AvgIpc) is 3.31. The molecule has 0 aromatic heterocycles. The van der Waals surface area contributed by atoms with Crippen LogP contribution in [0.1, 0.15) is 49.9 Å². The summed E-state index contributed by atoms with van der Waals surface area (Å²) >= 11 is 0. The first kappa shape index (κ1) is 28.1. The van der Waals surface area contributed by atoms with Crippen LogP contribution in [0.4, 0.5) is 0 Å². The van der Waals surface area contributed by atoms with Crippen molar-refractivity contribution in [1.29, 1.82) is 0 Å². The third-order valence-electron chi connectivity index (χ3n) is 5.38. The van der Waals surface area contributed by atoms with Crippen LogP contribution in [-0.4, -0.2) is 0 Å². The molecule has 0 saturated heterocycles. The van der Waals surface area contributed by atoms with E-state index in [-0.39, 0.29) is 51.0 Å². The molecule has 0 fully saturated rings. The standard InChI is InChI=1S/2C13H15.2ClH.Zr/c2*1-3-10-8-12-7-5-6-11(4-2)13(12)9-10;;;/h2*5-9H,3-4H2,1-2H3;2*1H;/q2*-1;;;+4/p-2. The smallest absolute Gasteiger partial charge is 1.00 e. The second-order valence-corrected chi connectivity index (χ2v) is 6.98. The summed E-state index contributed by atoms with van der Waals surface area (Å²) in [4.78, 5) is 0. The van der Waals surface area contributed by atoms with Gasteiger partial charge in [0, 0.05) is 0 Å². The van der Waals surface area contributed by atoms with Crippen LogP contribution in [0.25, 0.3) is 21.5 Å². The van der Waals surface area contributed by atoms with Crippen molar-refractivity contribution in [2.24, 2.45) is 0 Å². The summed E-state index contributed by atoms with van der Waals surface area (Å²) in [6.45, 7) is 8.85. The van der Waals surface area contributed by atoms with Crippen molar-refractivity contribution in [3.8, 4) is 0 Å². The summed E-state index contributed by atoms with van der Waals surface area (Å²) in [6, 6.07) is 22.4. The largest absolute Gasteiger partial charge is 4.00 e. The van der Waals surface area contributed by atoms with E-state index in [1.807, 2.05) is 0 Å². The maximum atomic E-state index is 2.33. The van der Waals surface area contributed by atoms with E-state index in [0.29, 0.717) is 0 Å². The summed E-state index contributed by atoms with van der Waals surface area (Å²) in [5.41, 5.74) is 5.85. The fourth-order valence-electron chi connectivity index (χ4n) is 3.75. The molecule has 0 heterocycles. The molecular formula is C26H30Cl2Zr. The Labute approximate surface area is 207 Å². The van der Waals surface area contributed by atoms with E-state index >= 15 is 0 Å². The van der Waals surface area contributed by atoms with E-state index in [4.69, 9.17) is 0 Å². The molecule has 3 heteroatoms. The van der Waals surface area contributed by atoms with Gasteiger partial charge in [-0.15, -0.1) is 69.1 Å². The van der Waals surface area contributed by atoms with Crippen molar-refractivity contribution in [3.05, 3.63) is 82.9 Å². The quantitative estimate of drug-likeness (QED) is 0.369. The molecule has 152 valence electrons. The van der Waals surface area contributed by atoms with Crippen molar-refractivity contribution in [2.75, 3.05) is 0 Å². The van der Waals surface area contributed by atoms with E-state index in [0.717, 1.165) is 25.7 Å². The summed E-state index contributed by atoms with van der Waals surface area (Å²) in [6.07, 6.45) is 4.53. The van der Waals surface area contributed by atoms with Crippen LogP contribution in [-0.2, 0) is 51.9 Å². The molecule has 0 atom stereocenters. The van der Waals surface area contributed by atoms with Crippen LogP contribution in [0.3, 0.4) is 0 Å². The normalized spacial score (nSPS) is 9.79. The monoisotopic (exact) mass is 502 g/mol. The van der Waals surface area contributed by atoms with E-state index in [1.165, 1.54) is 43.8 Å². The Morgan fingerprint density at radius 2 is 0.966 bits per heavy atom. The third-order valence-corrected chi connectivity index (χ3v) is 5.38. The molecule has 0 aliphatic heterocycles. The van der Waals surface area contributed by atoms with E-state index in [2.05, 4.69) is 88.4 Å². The van der Waals surface area contributed by atoms with Gasteiger partial charge in [-0.1, -0.05) is 51.0 Å². The minimum Gasteiger partial charge on any atom is -1.00 e. The number of hydrogen-bond donors (Lipinski definition) is 0. The Bertz CT molecular complexity index is 912. The summed E-state index contributed by atoms with van der Waals surface area (Å²) in [7, 11) is 0. The van der Waals surface area contributed by atoms with Crippen molar-refractivity contribution in [3.63, 3.8) is 0 Å². The number of fused-ring (bicyclic) bond motifs is 2. The fourth-order valence-corrected chi connectivity index (χ4v) is 3.75. The number of hydrogen-bond acceptors (Lipinski definition) is 0.